The summed E-state index contributed by atoms with van der Waals surface area (Å²) in [6, 6.07) is 3.82. The number of aliphatic carboxylic acids is 1. The minimum Gasteiger partial charge on any atom is -0.481 e. The molecule has 1 N–H and O–H groups in total. The number of rotatable bonds is 4. The van der Waals surface area contributed by atoms with E-state index in [0.29, 0.717) is 13.2 Å². The van der Waals surface area contributed by atoms with Gasteiger partial charge in [0.1, 0.15) is 5.41 Å². The normalized spacial score (nSPS) is 20.4. The van der Waals surface area contributed by atoms with E-state index in [9.17, 15) is 9.90 Å². The van der Waals surface area contributed by atoms with Gasteiger partial charge in [-0.25, -0.2) is 0 Å². The van der Waals surface area contributed by atoms with Gasteiger partial charge in [0, 0.05) is 4.88 Å². The Balaban J connectivity index is 2.36. The number of nitrogens with zero attached hydrogens (tertiary/aromatic N) is 1. The number of carboxylic acid groups (broad SMARTS) is 1. The number of hydrogen-bond acceptors (Lipinski definition) is 4. The number of hydrogen-bond donors (Lipinski definition) is 1. The molecule has 1 aromatic rings. The number of ether oxygens (including phenoxy) is 1. The van der Waals surface area contributed by atoms with E-state index in [1.807, 2.05) is 36.5 Å². The second kappa shape index (κ2) is 4.16. The quantitative estimate of drug-likeness (QED) is 0.867. The van der Waals surface area contributed by atoms with Crippen molar-refractivity contribution in [3.05, 3.63) is 22.4 Å². The summed E-state index contributed by atoms with van der Waals surface area (Å²) >= 11 is 1.59. The summed E-state index contributed by atoms with van der Waals surface area (Å²) in [5, 5.41) is 11.4. The summed E-state index contributed by atoms with van der Waals surface area (Å²) in [6.07, 6.45) is 0. The van der Waals surface area contributed by atoms with Crippen molar-refractivity contribution in [1.82, 2.24) is 4.90 Å². The first-order valence-corrected chi connectivity index (χ1v) is 5.97. The van der Waals surface area contributed by atoms with Crippen molar-refractivity contribution in [1.29, 1.82) is 0 Å². The summed E-state index contributed by atoms with van der Waals surface area (Å²) in [6.45, 7) is 0.589. The molecule has 5 heteroatoms. The third-order valence-corrected chi connectivity index (χ3v) is 3.92. The first-order valence-electron chi connectivity index (χ1n) is 5.09. The van der Waals surface area contributed by atoms with Crippen LogP contribution in [0.25, 0.3) is 0 Å². The molecule has 0 bridgehead atoms. The molecule has 1 fully saturated rings. The third-order valence-electron chi connectivity index (χ3n) is 3.00. The monoisotopic (exact) mass is 241 g/mol. The zero-order valence-electron chi connectivity index (χ0n) is 9.34. The minimum atomic E-state index is -0.783. The number of carboxylic acids is 1. The van der Waals surface area contributed by atoms with Crippen LogP contribution in [0, 0.1) is 5.41 Å². The summed E-state index contributed by atoms with van der Waals surface area (Å²) in [5.74, 6) is -0.772. The van der Waals surface area contributed by atoms with Crippen molar-refractivity contribution >= 4 is 17.3 Å². The van der Waals surface area contributed by atoms with E-state index in [1.54, 1.807) is 11.3 Å². The van der Waals surface area contributed by atoms with Crippen molar-refractivity contribution in [3.8, 4) is 0 Å². The lowest BCUT2D eigenvalue weighted by Gasteiger charge is -2.45. The van der Waals surface area contributed by atoms with E-state index in [1.165, 1.54) is 0 Å². The van der Waals surface area contributed by atoms with Gasteiger partial charge in [-0.2, -0.15) is 0 Å². The molecule has 0 amide bonds. The molecule has 0 aliphatic carbocycles. The Morgan fingerprint density at radius 1 is 1.62 bits per heavy atom. The lowest BCUT2D eigenvalue weighted by molar-refractivity contribution is -0.193. The smallest absolute Gasteiger partial charge is 0.316 e. The second-order valence-corrected chi connectivity index (χ2v) is 5.31. The number of thiophene rings is 1. The van der Waals surface area contributed by atoms with Crippen LogP contribution >= 0.6 is 11.3 Å². The predicted molar refractivity (Wildman–Crippen MR) is 61.6 cm³/mol. The molecule has 1 aromatic heterocycles. The fourth-order valence-electron chi connectivity index (χ4n) is 2.19. The zero-order valence-corrected chi connectivity index (χ0v) is 10.2. The summed E-state index contributed by atoms with van der Waals surface area (Å²) < 4.78 is 5.13. The molecule has 1 saturated heterocycles. The average Bonchev–Trinajstić information content (AvgIpc) is 2.61. The molecular weight excluding hydrogens is 226 g/mol. The first kappa shape index (κ1) is 11.6. The van der Waals surface area contributed by atoms with Crippen molar-refractivity contribution in [2.24, 2.45) is 5.41 Å². The van der Waals surface area contributed by atoms with E-state index in [-0.39, 0.29) is 6.04 Å². The number of carbonyl (C=O) groups is 1. The average molecular weight is 241 g/mol. The summed E-state index contributed by atoms with van der Waals surface area (Å²) in [7, 11) is 3.82. The SMILES string of the molecule is CN(C)C(c1cccs1)C1(C(=O)O)COC1. The van der Waals surface area contributed by atoms with E-state index >= 15 is 0 Å². The van der Waals surface area contributed by atoms with Crippen LogP contribution in [0.2, 0.25) is 0 Å². The molecule has 88 valence electrons. The fraction of sp³-hybridized carbons (Fsp3) is 0.545. The molecular formula is C11H15NO3S. The Kier molecular flexibility index (Phi) is 3.01. The van der Waals surface area contributed by atoms with Gasteiger partial charge in [-0.15, -0.1) is 11.3 Å². The highest BCUT2D eigenvalue weighted by molar-refractivity contribution is 7.10. The molecule has 1 aliphatic rings. The molecule has 4 nitrogen and oxygen atoms in total. The molecule has 1 aliphatic heterocycles. The predicted octanol–water partition coefficient (Wildman–Crippen LogP) is 1.45. The first-order chi connectivity index (χ1) is 7.58. The third kappa shape index (κ3) is 1.65. The van der Waals surface area contributed by atoms with Gasteiger partial charge in [0.2, 0.25) is 0 Å². The fourth-order valence-corrected chi connectivity index (χ4v) is 3.22. The van der Waals surface area contributed by atoms with Gasteiger partial charge in [0.25, 0.3) is 0 Å². The van der Waals surface area contributed by atoms with Gasteiger partial charge >= 0.3 is 5.97 Å². The molecule has 0 saturated carbocycles. The molecule has 0 radical (unpaired) electrons. The van der Waals surface area contributed by atoms with Crippen molar-refractivity contribution in [2.45, 2.75) is 6.04 Å². The lowest BCUT2D eigenvalue weighted by Crippen LogP contribution is -2.56. The van der Waals surface area contributed by atoms with Crippen LogP contribution in [0.15, 0.2) is 17.5 Å². The van der Waals surface area contributed by atoms with Crippen LogP contribution in [-0.2, 0) is 9.53 Å². The Morgan fingerprint density at radius 2 is 2.31 bits per heavy atom. The Labute approximate surface area is 98.4 Å². The molecule has 1 unspecified atom stereocenters. The lowest BCUT2D eigenvalue weighted by atomic mass is 9.77. The van der Waals surface area contributed by atoms with Crippen molar-refractivity contribution in [3.63, 3.8) is 0 Å². The van der Waals surface area contributed by atoms with Crippen molar-refractivity contribution < 1.29 is 14.6 Å². The molecule has 16 heavy (non-hydrogen) atoms. The van der Waals surface area contributed by atoms with Gasteiger partial charge in [-0.3, -0.25) is 4.79 Å². The summed E-state index contributed by atoms with van der Waals surface area (Å²) in [4.78, 5) is 14.5. The highest BCUT2D eigenvalue weighted by Crippen LogP contribution is 2.45. The van der Waals surface area contributed by atoms with Gasteiger partial charge in [-0.05, 0) is 25.5 Å². The van der Waals surface area contributed by atoms with Gasteiger partial charge in [0.15, 0.2) is 0 Å². The Morgan fingerprint density at radius 3 is 2.62 bits per heavy atom. The van der Waals surface area contributed by atoms with E-state index in [4.69, 9.17) is 4.74 Å². The van der Waals surface area contributed by atoms with Gasteiger partial charge in [-0.1, -0.05) is 6.07 Å². The molecule has 2 heterocycles. The topological polar surface area (TPSA) is 49.8 Å². The highest BCUT2D eigenvalue weighted by atomic mass is 32.1. The van der Waals surface area contributed by atoms with Crippen molar-refractivity contribution in [2.75, 3.05) is 27.3 Å². The Hall–Kier alpha value is -0.910. The second-order valence-electron chi connectivity index (χ2n) is 4.34. The molecule has 1 atom stereocenters. The maximum absolute atomic E-state index is 11.4. The van der Waals surface area contributed by atoms with Crippen LogP contribution in [0.4, 0.5) is 0 Å². The molecule has 0 spiro atoms. The summed E-state index contributed by atoms with van der Waals surface area (Å²) in [5.41, 5.74) is -0.783. The van der Waals surface area contributed by atoms with Crippen LogP contribution in [0.5, 0.6) is 0 Å². The molecule has 0 aromatic carbocycles. The molecule has 2 rings (SSSR count). The van der Waals surface area contributed by atoms with Gasteiger partial charge < -0.3 is 14.7 Å². The highest BCUT2D eigenvalue weighted by Gasteiger charge is 2.54. The minimum absolute atomic E-state index is 0.112. The maximum Gasteiger partial charge on any atom is 0.316 e. The zero-order chi connectivity index (χ0) is 11.8. The largest absolute Gasteiger partial charge is 0.481 e. The van der Waals surface area contributed by atoms with Crippen LogP contribution in [-0.4, -0.2) is 43.3 Å². The maximum atomic E-state index is 11.4. The standard InChI is InChI=1S/C11H15NO3S/c1-12(2)9(8-4-3-5-16-8)11(10(13)14)6-15-7-11/h3-5,9H,6-7H2,1-2H3,(H,13,14). The van der Waals surface area contributed by atoms with E-state index in [2.05, 4.69) is 0 Å². The van der Waals surface area contributed by atoms with E-state index in [0.717, 1.165) is 4.88 Å². The van der Waals surface area contributed by atoms with Crippen LogP contribution < -0.4 is 0 Å². The van der Waals surface area contributed by atoms with E-state index < -0.39 is 11.4 Å². The van der Waals surface area contributed by atoms with Crippen LogP contribution in [0.1, 0.15) is 10.9 Å². The van der Waals surface area contributed by atoms with Crippen LogP contribution in [0.3, 0.4) is 0 Å². The Bertz CT molecular complexity index is 371. The van der Waals surface area contributed by atoms with Gasteiger partial charge in [0.05, 0.1) is 19.3 Å².